The Kier molecular flexibility index (Phi) is 3.75. The van der Waals surface area contributed by atoms with Crippen molar-refractivity contribution < 1.29 is 4.74 Å². The number of aromatic nitrogens is 2. The van der Waals surface area contributed by atoms with E-state index < -0.39 is 0 Å². The van der Waals surface area contributed by atoms with E-state index in [2.05, 4.69) is 21.8 Å². The van der Waals surface area contributed by atoms with E-state index in [4.69, 9.17) is 10.5 Å². The molecule has 3 N–H and O–H groups in total. The minimum Gasteiger partial charge on any atom is -0.383 e. The average Bonchev–Trinajstić information content (AvgIpc) is 2.28. The topological polar surface area (TPSA) is 84.2 Å². The van der Waals surface area contributed by atoms with Gasteiger partial charge in [0.2, 0.25) is 0 Å². The molecule has 1 aliphatic rings. The summed E-state index contributed by atoms with van der Waals surface area (Å²) in [5.74, 6) is 0.760. The van der Waals surface area contributed by atoms with Crippen LogP contribution in [0.15, 0.2) is 10.9 Å². The van der Waals surface area contributed by atoms with E-state index in [1.807, 2.05) is 0 Å². The Morgan fingerprint density at radius 2 is 2.53 bits per heavy atom. The quantitative estimate of drug-likeness (QED) is 0.782. The van der Waals surface area contributed by atoms with Crippen LogP contribution in [0.4, 0.5) is 5.82 Å². The van der Waals surface area contributed by atoms with Gasteiger partial charge in [-0.1, -0.05) is 6.92 Å². The van der Waals surface area contributed by atoms with Crippen LogP contribution in [0, 0.1) is 0 Å². The minimum atomic E-state index is -0.233. The highest BCUT2D eigenvalue weighted by Crippen LogP contribution is 2.18. The van der Waals surface area contributed by atoms with E-state index in [1.54, 1.807) is 0 Å². The monoisotopic (exact) mass is 238 g/mol. The molecule has 1 unspecified atom stereocenters. The van der Waals surface area contributed by atoms with E-state index >= 15 is 0 Å². The first-order valence-corrected chi connectivity index (χ1v) is 5.89. The van der Waals surface area contributed by atoms with Gasteiger partial charge in [-0.05, 0) is 13.0 Å². The Labute approximate surface area is 99.8 Å². The molecule has 94 valence electrons. The summed E-state index contributed by atoms with van der Waals surface area (Å²) in [5, 5.41) is 0. The number of aromatic amines is 1. The van der Waals surface area contributed by atoms with Gasteiger partial charge in [-0.25, -0.2) is 4.98 Å². The molecule has 2 heterocycles. The number of hydrogen-bond acceptors (Lipinski definition) is 5. The van der Waals surface area contributed by atoms with E-state index in [0.29, 0.717) is 12.4 Å². The summed E-state index contributed by atoms with van der Waals surface area (Å²) < 4.78 is 5.62. The van der Waals surface area contributed by atoms with Crippen LogP contribution < -0.4 is 11.3 Å². The Balaban J connectivity index is 2.13. The van der Waals surface area contributed by atoms with Gasteiger partial charge in [-0.3, -0.25) is 9.69 Å². The van der Waals surface area contributed by atoms with Crippen LogP contribution in [0.2, 0.25) is 0 Å². The van der Waals surface area contributed by atoms with Gasteiger partial charge in [-0.2, -0.15) is 0 Å². The van der Waals surface area contributed by atoms with Gasteiger partial charge < -0.3 is 15.5 Å². The second kappa shape index (κ2) is 5.29. The summed E-state index contributed by atoms with van der Waals surface area (Å²) in [4.78, 5) is 20.4. The third kappa shape index (κ3) is 3.04. The Morgan fingerprint density at radius 3 is 3.24 bits per heavy atom. The lowest BCUT2D eigenvalue weighted by Gasteiger charge is -2.31. The van der Waals surface area contributed by atoms with Crippen LogP contribution in [-0.4, -0.2) is 41.1 Å². The maximum Gasteiger partial charge on any atom is 0.253 e. The van der Waals surface area contributed by atoms with Crippen molar-refractivity contribution in [2.75, 3.05) is 32.0 Å². The third-order valence-corrected chi connectivity index (χ3v) is 2.78. The van der Waals surface area contributed by atoms with Crippen LogP contribution in [0.1, 0.15) is 25.3 Å². The molecule has 0 radical (unpaired) electrons. The average molecular weight is 238 g/mol. The second-order valence-corrected chi connectivity index (χ2v) is 4.22. The van der Waals surface area contributed by atoms with Gasteiger partial charge in [-0.15, -0.1) is 0 Å². The van der Waals surface area contributed by atoms with Gasteiger partial charge in [0.15, 0.2) is 0 Å². The number of morpholine rings is 1. The van der Waals surface area contributed by atoms with Crippen molar-refractivity contribution >= 4 is 5.82 Å². The summed E-state index contributed by atoms with van der Waals surface area (Å²) in [5.41, 5.74) is 5.33. The molecule has 17 heavy (non-hydrogen) atoms. The van der Waals surface area contributed by atoms with Crippen molar-refractivity contribution in [3.8, 4) is 0 Å². The molecule has 2 rings (SSSR count). The minimum absolute atomic E-state index is 0.188. The molecule has 0 aliphatic carbocycles. The lowest BCUT2D eigenvalue weighted by atomic mass is 10.2. The standard InChI is InChI=1S/C11H18N4O2/c1-2-3-15-4-5-17-8(7-15)11-13-9(12)6-10(16)14-11/h6,8H,2-5,7H2,1H3,(H3,12,13,14,16). The number of ether oxygens (including phenoxy) is 1. The highest BCUT2D eigenvalue weighted by molar-refractivity contribution is 5.25. The zero-order valence-corrected chi connectivity index (χ0v) is 9.98. The van der Waals surface area contributed by atoms with Crippen molar-refractivity contribution in [1.82, 2.24) is 14.9 Å². The van der Waals surface area contributed by atoms with Gasteiger partial charge in [0.1, 0.15) is 17.7 Å². The molecule has 0 bridgehead atoms. The second-order valence-electron chi connectivity index (χ2n) is 4.22. The highest BCUT2D eigenvalue weighted by atomic mass is 16.5. The number of anilines is 1. The first kappa shape index (κ1) is 12.1. The number of nitrogens with one attached hydrogen (secondary N) is 1. The molecular weight excluding hydrogens is 220 g/mol. The fourth-order valence-electron chi connectivity index (χ4n) is 2.04. The van der Waals surface area contributed by atoms with Crippen molar-refractivity contribution in [2.45, 2.75) is 19.4 Å². The molecule has 1 atom stereocenters. The zero-order valence-electron chi connectivity index (χ0n) is 9.98. The molecule has 1 aromatic heterocycles. The first-order valence-electron chi connectivity index (χ1n) is 5.89. The molecule has 1 aromatic rings. The van der Waals surface area contributed by atoms with E-state index in [9.17, 15) is 4.79 Å². The predicted octanol–water partition coefficient (Wildman–Crippen LogP) is 0.135. The number of nitrogen functional groups attached to an aromatic ring is 1. The Hall–Kier alpha value is -1.40. The van der Waals surface area contributed by atoms with Gasteiger partial charge in [0.05, 0.1) is 6.61 Å². The fraction of sp³-hybridized carbons (Fsp3) is 0.636. The van der Waals surface area contributed by atoms with Crippen molar-refractivity contribution in [3.05, 3.63) is 22.2 Å². The third-order valence-electron chi connectivity index (χ3n) is 2.78. The van der Waals surface area contributed by atoms with Crippen molar-refractivity contribution in [1.29, 1.82) is 0 Å². The van der Waals surface area contributed by atoms with E-state index in [0.717, 1.165) is 26.1 Å². The van der Waals surface area contributed by atoms with Crippen molar-refractivity contribution in [3.63, 3.8) is 0 Å². The van der Waals surface area contributed by atoms with E-state index in [-0.39, 0.29) is 17.5 Å². The molecule has 1 fully saturated rings. The lowest BCUT2D eigenvalue weighted by Crippen LogP contribution is -2.39. The summed E-state index contributed by atoms with van der Waals surface area (Å²) in [6.45, 7) is 5.51. The van der Waals surface area contributed by atoms with Crippen LogP contribution in [0.5, 0.6) is 0 Å². The fourth-order valence-corrected chi connectivity index (χ4v) is 2.04. The smallest absolute Gasteiger partial charge is 0.253 e. The number of nitrogens with zero attached hydrogens (tertiary/aromatic N) is 2. The Bertz CT molecular complexity index is 430. The maximum atomic E-state index is 11.3. The largest absolute Gasteiger partial charge is 0.383 e. The normalized spacial score (nSPS) is 21.6. The summed E-state index contributed by atoms with van der Waals surface area (Å²) in [6, 6.07) is 1.27. The maximum absolute atomic E-state index is 11.3. The van der Waals surface area contributed by atoms with E-state index in [1.165, 1.54) is 6.07 Å². The van der Waals surface area contributed by atoms with Gasteiger partial charge >= 0.3 is 0 Å². The molecular formula is C11H18N4O2. The summed E-state index contributed by atoms with van der Waals surface area (Å²) in [7, 11) is 0. The zero-order chi connectivity index (χ0) is 12.3. The van der Waals surface area contributed by atoms with Gasteiger partial charge in [0.25, 0.3) is 5.56 Å². The SMILES string of the molecule is CCCN1CCOC(c2nc(N)cc(=O)[nH]2)C1. The molecule has 1 saturated heterocycles. The number of hydrogen-bond donors (Lipinski definition) is 2. The highest BCUT2D eigenvalue weighted by Gasteiger charge is 2.23. The van der Waals surface area contributed by atoms with Gasteiger partial charge in [0, 0.05) is 19.2 Å². The van der Waals surface area contributed by atoms with Crippen LogP contribution >= 0.6 is 0 Å². The number of nitrogens with two attached hydrogens (primary N) is 1. The van der Waals surface area contributed by atoms with Crippen molar-refractivity contribution in [2.24, 2.45) is 0 Å². The van der Waals surface area contributed by atoms with Crippen LogP contribution in [0.3, 0.4) is 0 Å². The first-order chi connectivity index (χ1) is 8.19. The molecule has 0 amide bonds. The van der Waals surface area contributed by atoms with Crippen LogP contribution in [-0.2, 0) is 4.74 Å². The lowest BCUT2D eigenvalue weighted by molar-refractivity contribution is -0.0342. The predicted molar refractivity (Wildman–Crippen MR) is 64.7 cm³/mol. The Morgan fingerprint density at radius 1 is 1.71 bits per heavy atom. The number of H-pyrrole nitrogens is 1. The molecule has 0 saturated carbocycles. The summed E-state index contributed by atoms with van der Waals surface area (Å²) in [6.07, 6.45) is 0.916. The molecule has 0 spiro atoms. The molecule has 1 aliphatic heterocycles. The molecule has 6 nitrogen and oxygen atoms in total. The molecule has 6 heteroatoms. The number of rotatable bonds is 3. The summed E-state index contributed by atoms with van der Waals surface area (Å²) >= 11 is 0. The molecule has 0 aromatic carbocycles. The van der Waals surface area contributed by atoms with Crippen LogP contribution in [0.25, 0.3) is 0 Å².